The van der Waals surface area contributed by atoms with Crippen LogP contribution in [0, 0.1) is 0 Å². The average Bonchev–Trinajstić information content (AvgIpc) is 2.72. The summed E-state index contributed by atoms with van der Waals surface area (Å²) in [6.07, 6.45) is 0. The highest BCUT2D eigenvalue weighted by Gasteiger charge is 2.22. The van der Waals surface area contributed by atoms with Gasteiger partial charge in [-0.15, -0.1) is 0 Å². The minimum absolute atomic E-state index is 0.0282. The van der Waals surface area contributed by atoms with E-state index >= 15 is 0 Å². The lowest BCUT2D eigenvalue weighted by Gasteiger charge is -2.18. The molecule has 2 aromatic rings. The molecule has 4 nitrogen and oxygen atoms in total. The average molecular weight is 386 g/mol. The summed E-state index contributed by atoms with van der Waals surface area (Å²) >= 11 is 6.11. The lowest BCUT2D eigenvalue weighted by Crippen LogP contribution is -2.29. The number of rotatable bonds is 3. The third-order valence-corrected chi connectivity index (χ3v) is 4.27. The Bertz CT molecular complexity index is 794. The molecule has 0 saturated heterocycles. The summed E-state index contributed by atoms with van der Waals surface area (Å²) < 4.78 is 0. The molecular weight excluding hydrogens is 358 g/mol. The van der Waals surface area contributed by atoms with Gasteiger partial charge in [0.05, 0.1) is 11.4 Å². The third kappa shape index (κ3) is 5.91. The highest BCUT2D eigenvalue weighted by molar-refractivity contribution is 6.32. The van der Waals surface area contributed by atoms with Gasteiger partial charge in [-0.2, -0.15) is 0 Å². The molecule has 0 spiro atoms. The molecule has 0 fully saturated rings. The van der Waals surface area contributed by atoms with Gasteiger partial charge in [0.2, 0.25) is 5.91 Å². The second-order valence-corrected chi connectivity index (χ2v) is 7.56. The summed E-state index contributed by atoms with van der Waals surface area (Å²) in [6, 6.07) is 16.6. The molecule has 0 bridgehead atoms. The van der Waals surface area contributed by atoms with Crippen molar-refractivity contribution in [2.45, 2.75) is 39.8 Å². The molecule has 0 atom stereocenters. The molecule has 0 saturated carbocycles. The van der Waals surface area contributed by atoms with Crippen molar-refractivity contribution in [3.63, 3.8) is 0 Å². The molecule has 27 heavy (non-hydrogen) atoms. The number of halogens is 1. The number of nitrogens with one attached hydrogen (secondary N) is 1. The predicted molar refractivity (Wildman–Crippen MR) is 115 cm³/mol. The highest BCUT2D eigenvalue weighted by Crippen LogP contribution is 2.28. The fraction of sp³-hybridized carbons (Fsp3) is 0.364. The van der Waals surface area contributed by atoms with E-state index in [0.717, 1.165) is 22.5 Å². The van der Waals surface area contributed by atoms with Crippen LogP contribution in [-0.2, 0) is 4.79 Å². The van der Waals surface area contributed by atoms with Crippen LogP contribution in [0.1, 0.15) is 38.8 Å². The number of amides is 1. The van der Waals surface area contributed by atoms with Crippen LogP contribution in [0.5, 0.6) is 0 Å². The summed E-state index contributed by atoms with van der Waals surface area (Å²) in [4.78, 5) is 18.1. The van der Waals surface area contributed by atoms with E-state index in [1.54, 1.807) is 18.0 Å². The molecule has 3 rings (SSSR count). The topological polar surface area (TPSA) is 44.7 Å². The zero-order valence-electron chi connectivity index (χ0n) is 16.7. The van der Waals surface area contributed by atoms with Gasteiger partial charge in [-0.1, -0.05) is 69.6 Å². The maximum atomic E-state index is 12.0. The van der Waals surface area contributed by atoms with E-state index in [9.17, 15) is 4.79 Å². The summed E-state index contributed by atoms with van der Waals surface area (Å²) in [7, 11) is 1.76. The van der Waals surface area contributed by atoms with Crippen LogP contribution < -0.4 is 10.2 Å². The Morgan fingerprint density at radius 2 is 1.67 bits per heavy atom. The third-order valence-electron chi connectivity index (χ3n) is 4.04. The van der Waals surface area contributed by atoms with Crippen molar-refractivity contribution in [2.75, 3.05) is 18.5 Å². The van der Waals surface area contributed by atoms with E-state index in [1.807, 2.05) is 42.5 Å². The molecule has 1 amide bonds. The predicted octanol–water partition coefficient (Wildman–Crippen LogP) is 4.55. The Morgan fingerprint density at radius 1 is 1.04 bits per heavy atom. The van der Waals surface area contributed by atoms with Crippen LogP contribution in [0.3, 0.4) is 0 Å². The van der Waals surface area contributed by atoms with Crippen molar-refractivity contribution in [3.8, 4) is 0 Å². The number of benzodiazepines with no additional fused rings is 1. The molecule has 0 radical (unpaired) electrons. The van der Waals surface area contributed by atoms with Gasteiger partial charge in [0.1, 0.15) is 6.54 Å². The molecule has 1 aliphatic heterocycles. The zero-order chi connectivity index (χ0) is 20.0. The van der Waals surface area contributed by atoms with Crippen molar-refractivity contribution < 1.29 is 4.79 Å². The molecule has 1 N–H and O–H groups in total. The highest BCUT2D eigenvalue weighted by atomic mass is 35.5. The minimum atomic E-state index is -0.0282. The summed E-state index contributed by atoms with van der Waals surface area (Å²) in [5, 5.41) is 3.94. The number of likely N-dealkylation sites (N-methyl/N-ethyl adjacent to an activating group) is 1. The summed E-state index contributed by atoms with van der Waals surface area (Å²) in [6.45, 7) is 8.76. The maximum Gasteiger partial charge on any atom is 0.248 e. The van der Waals surface area contributed by atoms with Crippen LogP contribution in [0.15, 0.2) is 53.5 Å². The standard InChI is InChI=1S/C16H13ClN2O.C6H15N/c1-19-14-8-7-12(17)9-13(14)16(18-10-15(19)20)11-5-3-2-4-6-11;1-5(2)7-6(3)4/h2-9H,10H2,1H3;5-7H,1-4H3. The van der Waals surface area contributed by atoms with Crippen LogP contribution in [0.25, 0.3) is 0 Å². The summed E-state index contributed by atoms with van der Waals surface area (Å²) in [5.74, 6) is -0.0282. The van der Waals surface area contributed by atoms with Crippen molar-refractivity contribution in [3.05, 3.63) is 64.7 Å². The van der Waals surface area contributed by atoms with Gasteiger partial charge in [-0.3, -0.25) is 9.79 Å². The second kappa shape index (κ2) is 9.67. The Balaban J connectivity index is 0.000000321. The van der Waals surface area contributed by atoms with Crippen molar-refractivity contribution >= 4 is 28.9 Å². The van der Waals surface area contributed by atoms with Gasteiger partial charge in [-0.25, -0.2) is 0 Å². The number of fused-ring (bicyclic) bond motifs is 1. The first kappa shape index (κ1) is 21.1. The SMILES string of the molecule is CC(C)NC(C)C.CN1C(=O)CN=C(c2ccccc2)c2cc(Cl)ccc21. The Morgan fingerprint density at radius 3 is 2.22 bits per heavy atom. The van der Waals surface area contributed by atoms with Crippen LogP contribution in [0.2, 0.25) is 5.02 Å². The van der Waals surface area contributed by atoms with E-state index in [0.29, 0.717) is 17.1 Å². The first-order valence-corrected chi connectivity index (χ1v) is 9.59. The number of benzene rings is 2. The number of aliphatic imine (C=N–C) groups is 1. The number of carbonyl (C=O) groups is 1. The quantitative estimate of drug-likeness (QED) is 0.842. The van der Waals surface area contributed by atoms with Gasteiger partial charge in [0, 0.05) is 35.3 Å². The number of hydrogen-bond acceptors (Lipinski definition) is 3. The summed E-state index contributed by atoms with van der Waals surface area (Å²) in [5.41, 5.74) is 3.51. The van der Waals surface area contributed by atoms with Crippen LogP contribution in [-0.4, -0.2) is 37.3 Å². The van der Waals surface area contributed by atoms with Gasteiger partial charge < -0.3 is 10.2 Å². The van der Waals surface area contributed by atoms with Crippen LogP contribution in [0.4, 0.5) is 5.69 Å². The Kier molecular flexibility index (Phi) is 7.57. The number of anilines is 1. The second-order valence-electron chi connectivity index (χ2n) is 7.12. The van der Waals surface area contributed by atoms with Gasteiger partial charge in [0.25, 0.3) is 0 Å². The molecular formula is C22H28ClN3O. The van der Waals surface area contributed by atoms with E-state index < -0.39 is 0 Å². The van der Waals surface area contributed by atoms with Crippen molar-refractivity contribution in [1.29, 1.82) is 0 Å². The van der Waals surface area contributed by atoms with Gasteiger partial charge in [-0.05, 0) is 18.2 Å². The molecule has 0 unspecified atom stereocenters. The largest absolute Gasteiger partial charge is 0.313 e. The number of carbonyl (C=O) groups excluding carboxylic acids is 1. The van der Waals surface area contributed by atoms with E-state index in [-0.39, 0.29) is 12.5 Å². The van der Waals surface area contributed by atoms with Crippen molar-refractivity contribution in [1.82, 2.24) is 5.32 Å². The zero-order valence-corrected chi connectivity index (χ0v) is 17.4. The minimum Gasteiger partial charge on any atom is -0.313 e. The first-order chi connectivity index (χ1) is 12.8. The van der Waals surface area contributed by atoms with E-state index in [2.05, 4.69) is 38.0 Å². The van der Waals surface area contributed by atoms with Crippen molar-refractivity contribution in [2.24, 2.45) is 4.99 Å². The van der Waals surface area contributed by atoms with E-state index in [1.165, 1.54) is 0 Å². The van der Waals surface area contributed by atoms with Gasteiger partial charge in [0.15, 0.2) is 0 Å². The molecule has 5 heteroatoms. The molecule has 1 heterocycles. The molecule has 1 aliphatic rings. The fourth-order valence-corrected chi connectivity index (χ4v) is 3.14. The normalized spacial score (nSPS) is 13.7. The smallest absolute Gasteiger partial charge is 0.248 e. The fourth-order valence-electron chi connectivity index (χ4n) is 2.97. The number of nitrogens with zero attached hydrogens (tertiary/aromatic N) is 2. The molecule has 144 valence electrons. The molecule has 2 aromatic carbocycles. The van der Waals surface area contributed by atoms with E-state index in [4.69, 9.17) is 11.6 Å². The van der Waals surface area contributed by atoms with Gasteiger partial charge >= 0.3 is 0 Å². The number of hydrogen-bond donors (Lipinski definition) is 1. The van der Waals surface area contributed by atoms with Crippen LogP contribution >= 0.6 is 11.6 Å². The first-order valence-electron chi connectivity index (χ1n) is 9.22. The monoisotopic (exact) mass is 385 g/mol. The Hall–Kier alpha value is -2.17. The molecule has 0 aromatic heterocycles. The lowest BCUT2D eigenvalue weighted by atomic mass is 10.0. The lowest BCUT2D eigenvalue weighted by molar-refractivity contribution is -0.116. The Labute approximate surface area is 167 Å². The molecule has 0 aliphatic carbocycles. The maximum absolute atomic E-state index is 12.0.